The highest BCUT2D eigenvalue weighted by Gasteiger charge is 2.54. The second kappa shape index (κ2) is 9.27. The number of fused-ring (bicyclic) bond motifs is 3. The van der Waals surface area contributed by atoms with E-state index in [1.165, 1.54) is 6.42 Å². The van der Waals surface area contributed by atoms with Crippen LogP contribution in [0.5, 0.6) is 0 Å². The third kappa shape index (κ3) is 4.06. The van der Waals surface area contributed by atoms with E-state index in [0.717, 1.165) is 36.9 Å². The summed E-state index contributed by atoms with van der Waals surface area (Å²) in [6.07, 6.45) is 9.47. The van der Waals surface area contributed by atoms with Crippen LogP contribution in [0.4, 0.5) is 0 Å². The lowest BCUT2D eigenvalue weighted by molar-refractivity contribution is -0.128. The van der Waals surface area contributed by atoms with Crippen molar-refractivity contribution in [3.63, 3.8) is 0 Å². The van der Waals surface area contributed by atoms with Gasteiger partial charge in [-0.2, -0.15) is 0 Å². The van der Waals surface area contributed by atoms with Crippen molar-refractivity contribution < 1.29 is 9.90 Å². The quantitative estimate of drug-likeness (QED) is 0.739. The Labute approximate surface area is 194 Å². The molecule has 2 fully saturated rings. The van der Waals surface area contributed by atoms with Gasteiger partial charge < -0.3 is 15.0 Å². The maximum absolute atomic E-state index is 13.2. The third-order valence-electron chi connectivity index (χ3n) is 7.86. The molecule has 3 heterocycles. The summed E-state index contributed by atoms with van der Waals surface area (Å²) in [5.41, 5.74) is 2.63. The molecule has 0 spiro atoms. The van der Waals surface area contributed by atoms with Crippen LogP contribution in [0.2, 0.25) is 0 Å². The maximum atomic E-state index is 13.2. The highest BCUT2D eigenvalue weighted by molar-refractivity contribution is 5.83. The Bertz CT molecular complexity index is 1090. The number of amides is 1. The van der Waals surface area contributed by atoms with E-state index in [9.17, 15) is 14.7 Å². The summed E-state index contributed by atoms with van der Waals surface area (Å²) >= 11 is 0. The van der Waals surface area contributed by atoms with Crippen molar-refractivity contribution in [1.82, 2.24) is 14.8 Å². The molecule has 1 aromatic carbocycles. The second-order valence-electron chi connectivity index (χ2n) is 9.78. The fourth-order valence-corrected chi connectivity index (χ4v) is 6.20. The van der Waals surface area contributed by atoms with E-state index in [0.29, 0.717) is 12.1 Å². The number of hydrogen-bond donors (Lipinski definition) is 2. The number of nitrogens with one attached hydrogen (secondary N) is 1. The fourth-order valence-electron chi connectivity index (χ4n) is 6.20. The van der Waals surface area contributed by atoms with Crippen LogP contribution in [-0.2, 0) is 11.3 Å². The number of carbonyl (C=O) groups is 1. The molecule has 2 N–H and O–H groups in total. The summed E-state index contributed by atoms with van der Waals surface area (Å²) in [5.74, 6) is -0.122. The molecule has 0 unspecified atom stereocenters. The first-order valence-electron chi connectivity index (χ1n) is 12.2. The van der Waals surface area contributed by atoms with Crippen molar-refractivity contribution >= 4 is 18.1 Å². The molecule has 6 nitrogen and oxygen atoms in total. The number of hydrogen-bond acceptors (Lipinski definition) is 4. The van der Waals surface area contributed by atoms with Crippen LogP contribution >= 0.6 is 0 Å². The summed E-state index contributed by atoms with van der Waals surface area (Å²) in [4.78, 5) is 28.6. The van der Waals surface area contributed by atoms with Gasteiger partial charge in [0.15, 0.2) is 0 Å². The average molecular weight is 448 g/mol. The maximum Gasteiger partial charge on any atom is 0.258 e. The lowest BCUT2D eigenvalue weighted by Crippen LogP contribution is -2.50. The predicted octanol–water partition coefficient (Wildman–Crippen LogP) is 3.06. The van der Waals surface area contributed by atoms with Crippen LogP contribution in [0, 0.1) is 11.8 Å². The molecule has 33 heavy (non-hydrogen) atoms. The minimum absolute atomic E-state index is 0.0117. The molecule has 1 saturated heterocycles. The van der Waals surface area contributed by atoms with Gasteiger partial charge in [-0.25, -0.2) is 0 Å². The van der Waals surface area contributed by atoms with Gasteiger partial charge >= 0.3 is 0 Å². The number of aliphatic hydroxyl groups excluding tert-OH is 1. The molecule has 2 aromatic rings. The van der Waals surface area contributed by atoms with Crippen LogP contribution in [0.15, 0.2) is 47.3 Å². The number of pyridine rings is 1. The average Bonchev–Trinajstić information content (AvgIpc) is 3.35. The molecule has 2 aliphatic heterocycles. The molecule has 3 aliphatic rings. The van der Waals surface area contributed by atoms with Gasteiger partial charge in [0.05, 0.1) is 12.1 Å². The van der Waals surface area contributed by atoms with Gasteiger partial charge in [-0.1, -0.05) is 55.7 Å². The zero-order valence-corrected chi connectivity index (χ0v) is 19.2. The largest absolute Gasteiger partial charge is 0.396 e. The minimum atomic E-state index is -0.367. The molecule has 1 saturated carbocycles. The van der Waals surface area contributed by atoms with Crippen molar-refractivity contribution in [1.29, 1.82) is 0 Å². The van der Waals surface area contributed by atoms with E-state index in [1.54, 1.807) is 0 Å². The molecule has 4 atom stereocenters. The highest BCUT2D eigenvalue weighted by atomic mass is 16.3. The van der Waals surface area contributed by atoms with Crippen LogP contribution in [-0.4, -0.2) is 46.2 Å². The minimum Gasteiger partial charge on any atom is -0.396 e. The van der Waals surface area contributed by atoms with E-state index in [2.05, 4.69) is 10.2 Å². The first-order valence-corrected chi connectivity index (χ1v) is 12.2. The van der Waals surface area contributed by atoms with Crippen LogP contribution in [0.1, 0.15) is 55.0 Å². The Morgan fingerprint density at radius 1 is 1.09 bits per heavy atom. The Hall–Kier alpha value is -2.70. The third-order valence-corrected chi connectivity index (χ3v) is 7.86. The smallest absolute Gasteiger partial charge is 0.258 e. The fraction of sp³-hybridized carbons (Fsp3) is 0.481. The number of likely N-dealkylation sites (N-methyl/N-ethyl adjacent to an activating group) is 1. The topological polar surface area (TPSA) is 74.6 Å². The van der Waals surface area contributed by atoms with E-state index in [-0.39, 0.29) is 48.0 Å². The Kier molecular flexibility index (Phi) is 6.21. The number of likely N-dealkylation sites (tertiary alicyclic amines) is 1. The Balaban J connectivity index is 1.38. The van der Waals surface area contributed by atoms with Crippen molar-refractivity contribution in [2.45, 2.75) is 56.8 Å². The lowest BCUT2D eigenvalue weighted by atomic mass is 9.87. The molecule has 0 radical (unpaired) electrons. The molecular formula is C27H33N3O3. The van der Waals surface area contributed by atoms with Crippen molar-refractivity contribution in [2.24, 2.45) is 11.8 Å². The first kappa shape index (κ1) is 22.1. The summed E-state index contributed by atoms with van der Waals surface area (Å²) < 4.78 is 1.84. The zero-order valence-electron chi connectivity index (χ0n) is 19.2. The highest BCUT2D eigenvalue weighted by Crippen LogP contribution is 2.48. The number of benzene rings is 1. The van der Waals surface area contributed by atoms with Crippen molar-refractivity contribution in [2.75, 3.05) is 13.7 Å². The predicted molar refractivity (Wildman–Crippen MR) is 129 cm³/mol. The van der Waals surface area contributed by atoms with Gasteiger partial charge in [-0.05, 0) is 43.7 Å². The van der Waals surface area contributed by atoms with Gasteiger partial charge in [-0.15, -0.1) is 0 Å². The molecule has 0 bridgehead atoms. The zero-order chi connectivity index (χ0) is 22.9. The van der Waals surface area contributed by atoms with Gasteiger partial charge in [0.2, 0.25) is 5.91 Å². The normalized spacial score (nSPS) is 27.6. The van der Waals surface area contributed by atoms with Gasteiger partial charge in [0, 0.05) is 42.3 Å². The summed E-state index contributed by atoms with van der Waals surface area (Å²) in [7, 11) is 1.96. The molecule has 1 aliphatic carbocycles. The standard InChI is InChI=1S/C27H33N3O3/c1-29-24-21(22(17-31)25(29)26(32)28-20-10-6-3-7-11-20)16-30-23(24)15-14-19(27(30)33)13-12-18-8-4-2-5-9-18/h2,4-5,8-9,12-15,20-22,24-25,31H,3,6-7,10-11,16-17H2,1H3,(H,28,32)/b13-12+/t21-,22-,24+,25-/m0/s1. The first-order chi connectivity index (χ1) is 16.1. The number of carbonyl (C=O) groups excluding carboxylic acids is 1. The number of rotatable bonds is 5. The lowest BCUT2D eigenvalue weighted by Gasteiger charge is -2.30. The van der Waals surface area contributed by atoms with E-state index in [1.807, 2.05) is 66.2 Å². The van der Waals surface area contributed by atoms with E-state index in [4.69, 9.17) is 0 Å². The molecular weight excluding hydrogens is 414 g/mol. The summed E-state index contributed by atoms with van der Waals surface area (Å²) in [6.45, 7) is 0.479. The number of aliphatic hydroxyl groups is 1. The molecule has 1 amide bonds. The summed E-state index contributed by atoms with van der Waals surface area (Å²) in [5, 5.41) is 13.5. The monoisotopic (exact) mass is 447 g/mol. The second-order valence-corrected chi connectivity index (χ2v) is 9.78. The van der Waals surface area contributed by atoms with Crippen LogP contribution in [0.25, 0.3) is 12.2 Å². The van der Waals surface area contributed by atoms with Crippen LogP contribution < -0.4 is 10.9 Å². The Morgan fingerprint density at radius 3 is 2.58 bits per heavy atom. The number of nitrogens with zero attached hydrogens (tertiary/aromatic N) is 2. The van der Waals surface area contributed by atoms with E-state index >= 15 is 0 Å². The van der Waals surface area contributed by atoms with E-state index < -0.39 is 0 Å². The molecule has 174 valence electrons. The van der Waals surface area contributed by atoms with Gasteiger partial charge in [0.1, 0.15) is 0 Å². The van der Waals surface area contributed by atoms with Crippen molar-refractivity contribution in [3.05, 3.63) is 69.6 Å². The molecule has 1 aromatic heterocycles. The van der Waals surface area contributed by atoms with Gasteiger partial charge in [-0.3, -0.25) is 14.5 Å². The SMILES string of the molecule is CN1[C@H](C(=O)NC2CCCCC2)[C@@H](CO)[C@@H]2Cn3c(ccc(/C=C/c4ccccc4)c3=O)[C@@H]21. The number of aromatic nitrogens is 1. The molecule has 6 heteroatoms. The molecule has 5 rings (SSSR count). The Morgan fingerprint density at radius 2 is 1.85 bits per heavy atom. The van der Waals surface area contributed by atoms with Crippen LogP contribution in [0.3, 0.4) is 0 Å². The summed E-state index contributed by atoms with van der Waals surface area (Å²) in [6, 6.07) is 13.7. The van der Waals surface area contributed by atoms with Crippen molar-refractivity contribution in [3.8, 4) is 0 Å². The van der Waals surface area contributed by atoms with Gasteiger partial charge in [0.25, 0.3) is 5.56 Å².